The summed E-state index contributed by atoms with van der Waals surface area (Å²) in [5, 5.41) is 3.77. The number of hydrazone groups is 1. The largest absolute Gasteiger partial charge is 0.274 e. The van der Waals surface area contributed by atoms with E-state index in [1.54, 1.807) is 6.21 Å². The summed E-state index contributed by atoms with van der Waals surface area (Å²) >= 11 is 0. The fourth-order valence-corrected chi connectivity index (χ4v) is 1.07. The lowest BCUT2D eigenvalue weighted by molar-refractivity contribution is -0.118. The average Bonchev–Trinajstić information content (AvgIpc) is 2.18. The summed E-state index contributed by atoms with van der Waals surface area (Å²) in [4.78, 5) is 10.5. The predicted molar refractivity (Wildman–Crippen MR) is 62.4 cm³/mol. The van der Waals surface area contributed by atoms with E-state index in [4.69, 9.17) is 0 Å². The minimum atomic E-state index is -0.168. The van der Waals surface area contributed by atoms with Gasteiger partial charge in [0.05, 0.1) is 6.21 Å². The molecule has 0 heterocycles. The Bertz CT molecular complexity index is 380. The van der Waals surface area contributed by atoms with Crippen molar-refractivity contribution < 1.29 is 4.79 Å². The third-order valence-electron chi connectivity index (χ3n) is 1.68. The van der Waals surface area contributed by atoms with Crippen LogP contribution in [0.4, 0.5) is 0 Å². The molecule has 1 amide bonds. The monoisotopic (exact) mass is 202 g/mol. The van der Waals surface area contributed by atoms with Gasteiger partial charge in [0.25, 0.3) is 0 Å². The fourth-order valence-electron chi connectivity index (χ4n) is 1.07. The van der Waals surface area contributed by atoms with E-state index < -0.39 is 0 Å². The molecule has 0 aromatic heterocycles. The summed E-state index contributed by atoms with van der Waals surface area (Å²) in [7, 11) is 0. The van der Waals surface area contributed by atoms with Gasteiger partial charge in [-0.3, -0.25) is 4.79 Å². The van der Waals surface area contributed by atoms with Gasteiger partial charge in [0.2, 0.25) is 5.91 Å². The van der Waals surface area contributed by atoms with Crippen LogP contribution in [0.3, 0.4) is 0 Å². The zero-order valence-corrected chi connectivity index (χ0v) is 8.90. The highest BCUT2D eigenvalue weighted by molar-refractivity contribution is 5.85. The molecule has 1 aromatic rings. The molecule has 0 unspecified atom stereocenters. The summed E-state index contributed by atoms with van der Waals surface area (Å²) in [6.07, 6.45) is 3.61. The number of hydrogen-bond acceptors (Lipinski definition) is 2. The van der Waals surface area contributed by atoms with Crippen LogP contribution >= 0.6 is 0 Å². The van der Waals surface area contributed by atoms with Crippen molar-refractivity contribution in [3.8, 4) is 0 Å². The van der Waals surface area contributed by atoms with Crippen LogP contribution in [0.5, 0.6) is 0 Å². The second-order valence-electron chi connectivity index (χ2n) is 3.23. The molecule has 0 fully saturated rings. The van der Waals surface area contributed by atoms with Gasteiger partial charge < -0.3 is 0 Å². The van der Waals surface area contributed by atoms with Crippen molar-refractivity contribution >= 4 is 18.2 Å². The van der Waals surface area contributed by atoms with Gasteiger partial charge in [-0.2, -0.15) is 5.10 Å². The van der Waals surface area contributed by atoms with Crippen LogP contribution in [0, 0.1) is 0 Å². The first-order valence-corrected chi connectivity index (χ1v) is 4.71. The molecule has 78 valence electrons. The van der Waals surface area contributed by atoms with E-state index in [1.165, 1.54) is 6.92 Å². The van der Waals surface area contributed by atoms with Crippen molar-refractivity contribution in [2.75, 3.05) is 0 Å². The first-order chi connectivity index (χ1) is 7.18. The van der Waals surface area contributed by atoms with Crippen molar-refractivity contribution in [3.05, 3.63) is 41.5 Å². The highest BCUT2D eigenvalue weighted by atomic mass is 16.2. The van der Waals surface area contributed by atoms with Crippen LogP contribution in [0.25, 0.3) is 6.08 Å². The standard InChI is InChI=1S/C12H14N2O/c1-10(9-13-14-11(2)15)8-12-6-4-3-5-7-12/h3-9H,1-2H3,(H,14,15). The quantitative estimate of drug-likeness (QED) is 0.592. The molecule has 15 heavy (non-hydrogen) atoms. The number of rotatable bonds is 3. The number of nitrogens with zero attached hydrogens (tertiary/aromatic N) is 1. The summed E-state index contributed by atoms with van der Waals surface area (Å²) in [5.41, 5.74) is 4.45. The predicted octanol–water partition coefficient (Wildman–Crippen LogP) is 2.21. The van der Waals surface area contributed by atoms with Crippen molar-refractivity contribution in [1.29, 1.82) is 0 Å². The van der Waals surface area contributed by atoms with Crippen LogP contribution in [-0.4, -0.2) is 12.1 Å². The Morgan fingerprint density at radius 2 is 1.93 bits per heavy atom. The van der Waals surface area contributed by atoms with Gasteiger partial charge in [-0.25, -0.2) is 5.43 Å². The maximum atomic E-state index is 10.5. The zero-order valence-electron chi connectivity index (χ0n) is 8.90. The van der Waals surface area contributed by atoms with E-state index in [9.17, 15) is 4.79 Å². The van der Waals surface area contributed by atoms with Crippen LogP contribution < -0.4 is 5.43 Å². The van der Waals surface area contributed by atoms with Crippen LogP contribution in [0.15, 0.2) is 41.0 Å². The number of benzene rings is 1. The molecule has 0 radical (unpaired) electrons. The number of allylic oxidation sites excluding steroid dienone is 1. The van der Waals surface area contributed by atoms with Gasteiger partial charge >= 0.3 is 0 Å². The Morgan fingerprint density at radius 1 is 1.27 bits per heavy atom. The van der Waals surface area contributed by atoms with Crippen molar-refractivity contribution in [3.63, 3.8) is 0 Å². The Labute approximate surface area is 89.5 Å². The molecule has 0 atom stereocenters. The lowest BCUT2D eigenvalue weighted by Crippen LogP contribution is -2.12. The van der Waals surface area contributed by atoms with Crippen molar-refractivity contribution in [2.45, 2.75) is 13.8 Å². The maximum absolute atomic E-state index is 10.5. The highest BCUT2D eigenvalue weighted by Gasteiger charge is 1.87. The number of carbonyl (C=O) groups is 1. The van der Waals surface area contributed by atoms with Gasteiger partial charge in [-0.05, 0) is 18.1 Å². The summed E-state index contributed by atoms with van der Waals surface area (Å²) in [5.74, 6) is -0.168. The highest BCUT2D eigenvalue weighted by Crippen LogP contribution is 2.04. The average molecular weight is 202 g/mol. The third kappa shape index (κ3) is 4.76. The molecular weight excluding hydrogens is 188 g/mol. The topological polar surface area (TPSA) is 41.5 Å². The summed E-state index contributed by atoms with van der Waals surface area (Å²) in [6, 6.07) is 9.94. The molecule has 0 aliphatic carbocycles. The lowest BCUT2D eigenvalue weighted by Gasteiger charge is -1.94. The van der Waals surface area contributed by atoms with E-state index in [-0.39, 0.29) is 5.91 Å². The molecule has 0 aliphatic heterocycles. The molecular formula is C12H14N2O. The summed E-state index contributed by atoms with van der Waals surface area (Å²) < 4.78 is 0. The number of nitrogens with one attached hydrogen (secondary N) is 1. The van der Waals surface area contributed by atoms with E-state index >= 15 is 0 Å². The summed E-state index contributed by atoms with van der Waals surface area (Å²) in [6.45, 7) is 3.35. The lowest BCUT2D eigenvalue weighted by atomic mass is 10.1. The normalized spacial score (nSPS) is 11.7. The first kappa shape index (κ1) is 11.2. The van der Waals surface area contributed by atoms with Crippen LogP contribution in [-0.2, 0) is 4.79 Å². The molecule has 0 bridgehead atoms. The van der Waals surface area contributed by atoms with E-state index in [1.807, 2.05) is 43.3 Å². The molecule has 0 saturated heterocycles. The Balaban J connectivity index is 2.61. The molecule has 3 heteroatoms. The second kappa shape index (κ2) is 5.75. The molecule has 1 aromatic carbocycles. The van der Waals surface area contributed by atoms with E-state index in [2.05, 4.69) is 10.5 Å². The van der Waals surface area contributed by atoms with E-state index in [0.29, 0.717) is 0 Å². The number of hydrogen-bond donors (Lipinski definition) is 1. The van der Waals surface area contributed by atoms with Gasteiger partial charge in [-0.1, -0.05) is 36.4 Å². The number of amides is 1. The molecule has 0 spiro atoms. The van der Waals surface area contributed by atoms with E-state index in [0.717, 1.165) is 11.1 Å². The third-order valence-corrected chi connectivity index (χ3v) is 1.68. The Morgan fingerprint density at radius 3 is 2.53 bits per heavy atom. The minimum Gasteiger partial charge on any atom is -0.274 e. The smallest absolute Gasteiger partial charge is 0.236 e. The van der Waals surface area contributed by atoms with Gasteiger partial charge in [0, 0.05) is 6.92 Å². The van der Waals surface area contributed by atoms with Gasteiger partial charge in [-0.15, -0.1) is 0 Å². The van der Waals surface area contributed by atoms with Crippen molar-refractivity contribution in [2.24, 2.45) is 5.10 Å². The van der Waals surface area contributed by atoms with Gasteiger partial charge in [0.1, 0.15) is 0 Å². The molecule has 0 saturated carbocycles. The Kier molecular flexibility index (Phi) is 4.29. The molecule has 0 aliphatic rings. The van der Waals surface area contributed by atoms with Crippen LogP contribution in [0.1, 0.15) is 19.4 Å². The maximum Gasteiger partial charge on any atom is 0.236 e. The Hall–Kier alpha value is -1.90. The zero-order chi connectivity index (χ0) is 11.1. The molecule has 1 rings (SSSR count). The number of carbonyl (C=O) groups excluding carboxylic acids is 1. The van der Waals surface area contributed by atoms with Crippen molar-refractivity contribution in [1.82, 2.24) is 5.43 Å². The first-order valence-electron chi connectivity index (χ1n) is 4.71. The fraction of sp³-hybridized carbons (Fsp3) is 0.167. The van der Waals surface area contributed by atoms with Crippen LogP contribution in [0.2, 0.25) is 0 Å². The minimum absolute atomic E-state index is 0.168. The second-order valence-corrected chi connectivity index (χ2v) is 3.23. The van der Waals surface area contributed by atoms with Gasteiger partial charge in [0.15, 0.2) is 0 Å². The molecule has 1 N–H and O–H groups in total. The SMILES string of the molecule is CC(=O)NN=CC(C)=Cc1ccccc1. The molecule has 3 nitrogen and oxygen atoms in total.